The molecule has 0 radical (unpaired) electrons. The highest BCUT2D eigenvalue weighted by Crippen LogP contribution is 2.21. The summed E-state index contributed by atoms with van der Waals surface area (Å²) in [6.07, 6.45) is 2.40. The van der Waals surface area contributed by atoms with Crippen molar-refractivity contribution in [1.82, 2.24) is 15.0 Å². The molecule has 21 heavy (non-hydrogen) atoms. The minimum atomic E-state index is 0.304. The molecule has 0 atom stereocenters. The third kappa shape index (κ3) is 3.93. The first-order chi connectivity index (χ1) is 10.2. The van der Waals surface area contributed by atoms with E-state index in [1.807, 2.05) is 7.05 Å². The lowest BCUT2D eigenvalue weighted by atomic mass is 10.3. The van der Waals surface area contributed by atoms with Gasteiger partial charge in [0.05, 0.1) is 6.61 Å². The van der Waals surface area contributed by atoms with E-state index in [0.717, 1.165) is 25.6 Å². The van der Waals surface area contributed by atoms with E-state index in [1.54, 1.807) is 7.11 Å². The standard InChI is InChI=1S/C14H26N6O/c1-11(2)20(9-10-21-4)14-17-12(15-3)16-13(18-14)19-7-5-6-8-19/h11H,5-10H2,1-4H3,(H,15,16,17,18). The number of anilines is 3. The third-order valence-corrected chi connectivity index (χ3v) is 3.64. The van der Waals surface area contributed by atoms with Crippen molar-refractivity contribution >= 4 is 17.8 Å². The lowest BCUT2D eigenvalue weighted by Gasteiger charge is -2.27. The SMILES string of the molecule is CNc1nc(N2CCCC2)nc(N(CCOC)C(C)C)n1. The third-order valence-electron chi connectivity index (χ3n) is 3.64. The second-order valence-corrected chi connectivity index (χ2v) is 5.48. The highest BCUT2D eigenvalue weighted by Gasteiger charge is 2.20. The van der Waals surface area contributed by atoms with Gasteiger partial charge in [0.1, 0.15) is 0 Å². The van der Waals surface area contributed by atoms with Gasteiger partial charge in [-0.25, -0.2) is 0 Å². The van der Waals surface area contributed by atoms with Gasteiger partial charge >= 0.3 is 0 Å². The predicted molar refractivity (Wildman–Crippen MR) is 85.2 cm³/mol. The quantitative estimate of drug-likeness (QED) is 0.814. The second kappa shape index (κ2) is 7.40. The van der Waals surface area contributed by atoms with Crippen LogP contribution in [0, 0.1) is 0 Å². The number of methoxy groups -OCH3 is 1. The van der Waals surface area contributed by atoms with E-state index in [-0.39, 0.29) is 0 Å². The van der Waals surface area contributed by atoms with E-state index >= 15 is 0 Å². The Kier molecular flexibility index (Phi) is 5.55. The summed E-state index contributed by atoms with van der Waals surface area (Å²) in [6, 6.07) is 0.304. The minimum Gasteiger partial charge on any atom is -0.383 e. The van der Waals surface area contributed by atoms with Crippen molar-refractivity contribution in [1.29, 1.82) is 0 Å². The molecule has 2 rings (SSSR count). The maximum absolute atomic E-state index is 5.19. The fourth-order valence-corrected chi connectivity index (χ4v) is 2.43. The Balaban J connectivity index is 2.29. The smallest absolute Gasteiger partial charge is 0.232 e. The van der Waals surface area contributed by atoms with Gasteiger partial charge in [0, 0.05) is 39.8 Å². The summed E-state index contributed by atoms with van der Waals surface area (Å²) in [4.78, 5) is 18.0. The molecule has 0 aliphatic carbocycles. The van der Waals surface area contributed by atoms with Crippen LogP contribution in [0.25, 0.3) is 0 Å². The molecule has 1 aromatic rings. The predicted octanol–water partition coefficient (Wildman–Crippen LogP) is 1.37. The summed E-state index contributed by atoms with van der Waals surface area (Å²) < 4.78 is 5.19. The summed E-state index contributed by atoms with van der Waals surface area (Å²) in [7, 11) is 3.54. The molecule has 1 fully saturated rings. The monoisotopic (exact) mass is 294 g/mol. The van der Waals surface area contributed by atoms with Crippen LogP contribution in [-0.2, 0) is 4.74 Å². The summed E-state index contributed by atoms with van der Waals surface area (Å²) in [5.74, 6) is 2.10. The summed E-state index contributed by atoms with van der Waals surface area (Å²) in [5, 5.41) is 3.03. The van der Waals surface area contributed by atoms with Crippen LogP contribution in [0.2, 0.25) is 0 Å². The summed E-state index contributed by atoms with van der Waals surface area (Å²) in [5.41, 5.74) is 0. The molecule has 7 heteroatoms. The van der Waals surface area contributed by atoms with E-state index in [2.05, 4.69) is 43.9 Å². The minimum absolute atomic E-state index is 0.304. The van der Waals surface area contributed by atoms with Crippen molar-refractivity contribution < 1.29 is 4.74 Å². The number of ether oxygens (including phenoxy) is 1. The number of hydrogen-bond donors (Lipinski definition) is 1. The van der Waals surface area contributed by atoms with Crippen LogP contribution in [0.3, 0.4) is 0 Å². The topological polar surface area (TPSA) is 66.4 Å². The second-order valence-electron chi connectivity index (χ2n) is 5.48. The molecule has 1 aliphatic rings. The fourth-order valence-electron chi connectivity index (χ4n) is 2.43. The van der Waals surface area contributed by atoms with Crippen LogP contribution in [0.1, 0.15) is 26.7 Å². The van der Waals surface area contributed by atoms with Gasteiger partial charge in [0.25, 0.3) is 0 Å². The summed E-state index contributed by atoms with van der Waals surface area (Å²) >= 11 is 0. The van der Waals surface area contributed by atoms with Crippen LogP contribution < -0.4 is 15.1 Å². The normalized spacial score (nSPS) is 14.8. The van der Waals surface area contributed by atoms with Crippen LogP contribution in [0.5, 0.6) is 0 Å². The molecule has 1 N–H and O–H groups in total. The zero-order chi connectivity index (χ0) is 15.2. The number of nitrogens with zero attached hydrogens (tertiary/aromatic N) is 5. The molecule has 7 nitrogen and oxygen atoms in total. The number of rotatable bonds is 7. The van der Waals surface area contributed by atoms with Crippen molar-refractivity contribution in [3.05, 3.63) is 0 Å². The van der Waals surface area contributed by atoms with Gasteiger partial charge in [-0.2, -0.15) is 15.0 Å². The lowest BCUT2D eigenvalue weighted by Crippen LogP contribution is -2.36. The number of aromatic nitrogens is 3. The molecular weight excluding hydrogens is 268 g/mol. The average molecular weight is 294 g/mol. The van der Waals surface area contributed by atoms with Crippen LogP contribution >= 0.6 is 0 Å². The van der Waals surface area contributed by atoms with Gasteiger partial charge in [-0.15, -0.1) is 0 Å². The first kappa shape index (κ1) is 15.8. The van der Waals surface area contributed by atoms with E-state index in [0.29, 0.717) is 24.5 Å². The zero-order valence-electron chi connectivity index (χ0n) is 13.5. The van der Waals surface area contributed by atoms with Crippen molar-refractivity contribution in [2.45, 2.75) is 32.7 Å². The van der Waals surface area contributed by atoms with Crippen LogP contribution in [0.4, 0.5) is 17.8 Å². The Morgan fingerprint density at radius 1 is 1.24 bits per heavy atom. The first-order valence-corrected chi connectivity index (χ1v) is 7.60. The van der Waals surface area contributed by atoms with E-state index in [9.17, 15) is 0 Å². The Morgan fingerprint density at radius 2 is 1.95 bits per heavy atom. The van der Waals surface area contributed by atoms with Crippen LogP contribution in [0.15, 0.2) is 0 Å². The van der Waals surface area contributed by atoms with Crippen LogP contribution in [-0.4, -0.2) is 61.4 Å². The fraction of sp³-hybridized carbons (Fsp3) is 0.786. The molecule has 2 heterocycles. The molecule has 1 saturated heterocycles. The van der Waals surface area contributed by atoms with Crippen molar-refractivity contribution in [3.8, 4) is 0 Å². The van der Waals surface area contributed by atoms with Crippen molar-refractivity contribution in [2.24, 2.45) is 0 Å². The number of hydrogen-bond acceptors (Lipinski definition) is 7. The molecule has 0 unspecified atom stereocenters. The van der Waals surface area contributed by atoms with Gasteiger partial charge in [-0.1, -0.05) is 0 Å². The lowest BCUT2D eigenvalue weighted by molar-refractivity contribution is 0.203. The zero-order valence-corrected chi connectivity index (χ0v) is 13.5. The molecule has 0 aromatic carbocycles. The summed E-state index contributed by atoms with van der Waals surface area (Å²) in [6.45, 7) is 7.72. The molecule has 1 aliphatic heterocycles. The van der Waals surface area contributed by atoms with Gasteiger partial charge < -0.3 is 19.9 Å². The Bertz CT molecular complexity index is 447. The molecule has 0 saturated carbocycles. The van der Waals surface area contributed by atoms with E-state index in [1.165, 1.54) is 12.8 Å². The van der Waals surface area contributed by atoms with E-state index in [4.69, 9.17) is 4.74 Å². The molecule has 0 bridgehead atoms. The highest BCUT2D eigenvalue weighted by atomic mass is 16.5. The molecular formula is C14H26N6O. The van der Waals surface area contributed by atoms with Gasteiger partial charge in [0.15, 0.2) is 0 Å². The maximum atomic E-state index is 5.19. The number of nitrogens with one attached hydrogen (secondary N) is 1. The highest BCUT2D eigenvalue weighted by molar-refractivity contribution is 5.46. The van der Waals surface area contributed by atoms with Gasteiger partial charge in [-0.3, -0.25) is 0 Å². The van der Waals surface area contributed by atoms with Crippen molar-refractivity contribution in [2.75, 3.05) is 55.5 Å². The molecule has 1 aromatic heterocycles. The van der Waals surface area contributed by atoms with Gasteiger partial charge in [-0.05, 0) is 26.7 Å². The first-order valence-electron chi connectivity index (χ1n) is 7.60. The van der Waals surface area contributed by atoms with Crippen molar-refractivity contribution in [3.63, 3.8) is 0 Å². The molecule has 0 spiro atoms. The largest absolute Gasteiger partial charge is 0.383 e. The maximum Gasteiger partial charge on any atom is 0.232 e. The molecule has 118 valence electrons. The average Bonchev–Trinajstić information content (AvgIpc) is 3.01. The van der Waals surface area contributed by atoms with E-state index < -0.39 is 0 Å². The molecule has 0 amide bonds. The Hall–Kier alpha value is -1.63. The van der Waals surface area contributed by atoms with Gasteiger partial charge in [0.2, 0.25) is 17.8 Å². The Morgan fingerprint density at radius 3 is 2.52 bits per heavy atom. The Labute approximate surface area is 126 Å².